The molecule has 2 atom stereocenters. The van der Waals surface area contributed by atoms with Gasteiger partial charge < -0.3 is 9.64 Å². The van der Waals surface area contributed by atoms with Gasteiger partial charge in [-0.05, 0) is 50.3 Å². The first kappa shape index (κ1) is 19.0. The normalized spacial score (nSPS) is 22.3. The molecular weight excluding hydrogens is 375 g/mol. The van der Waals surface area contributed by atoms with Gasteiger partial charge in [-0.15, -0.1) is 5.10 Å². The summed E-state index contributed by atoms with van der Waals surface area (Å²) in [6.07, 6.45) is 0.418. The minimum Gasteiger partial charge on any atom is -0.364 e. The molecule has 3 aromatic rings. The second-order valence-corrected chi connectivity index (χ2v) is 7.72. The molecule has 1 aliphatic rings. The van der Waals surface area contributed by atoms with Crippen molar-refractivity contribution in [2.45, 2.75) is 32.7 Å². The van der Waals surface area contributed by atoms with Gasteiger partial charge in [0.1, 0.15) is 31.1 Å². The van der Waals surface area contributed by atoms with E-state index in [0.717, 1.165) is 30.2 Å². The molecule has 1 fully saturated rings. The lowest BCUT2D eigenvalue weighted by Crippen LogP contribution is -3.14. The first-order valence-corrected chi connectivity index (χ1v) is 9.92. The molecule has 28 heavy (non-hydrogen) atoms. The summed E-state index contributed by atoms with van der Waals surface area (Å²) < 4.78 is 23.7. The van der Waals surface area contributed by atoms with Crippen molar-refractivity contribution in [2.75, 3.05) is 13.1 Å². The molecule has 5 nitrogen and oxygen atoms in total. The van der Waals surface area contributed by atoms with Gasteiger partial charge >= 0.3 is 0 Å². The van der Waals surface area contributed by atoms with Crippen molar-refractivity contribution in [3.05, 3.63) is 65.2 Å². The summed E-state index contributed by atoms with van der Waals surface area (Å²) in [4.78, 5) is 1.38. The Hall–Kier alpha value is -2.35. The van der Waals surface area contributed by atoms with E-state index in [2.05, 4.69) is 13.8 Å². The van der Waals surface area contributed by atoms with Gasteiger partial charge in [-0.3, -0.25) is 4.57 Å². The third kappa shape index (κ3) is 3.92. The Kier molecular flexibility index (Phi) is 5.39. The Morgan fingerprint density at radius 2 is 1.71 bits per heavy atom. The molecule has 4 rings (SSSR count). The lowest BCUT2D eigenvalue weighted by molar-refractivity contribution is -0.937. The van der Waals surface area contributed by atoms with E-state index in [1.807, 2.05) is 39.6 Å². The van der Waals surface area contributed by atoms with Crippen LogP contribution in [0.3, 0.4) is 0 Å². The van der Waals surface area contributed by atoms with Crippen molar-refractivity contribution in [3.63, 3.8) is 0 Å². The lowest BCUT2D eigenvalue weighted by atomic mass is 10.2. The zero-order chi connectivity index (χ0) is 19.7. The van der Waals surface area contributed by atoms with Gasteiger partial charge in [0.2, 0.25) is 4.77 Å². The van der Waals surface area contributed by atoms with Crippen molar-refractivity contribution < 1.29 is 14.0 Å². The van der Waals surface area contributed by atoms with Gasteiger partial charge in [0.25, 0.3) is 0 Å². The fraction of sp³-hybridized carbons (Fsp3) is 0.333. The summed E-state index contributed by atoms with van der Waals surface area (Å²) in [5.74, 6) is 0.482. The summed E-state index contributed by atoms with van der Waals surface area (Å²) in [7, 11) is 0. The van der Waals surface area contributed by atoms with Crippen LogP contribution in [0.15, 0.2) is 54.6 Å². The summed E-state index contributed by atoms with van der Waals surface area (Å²) in [6, 6.07) is 16.3. The number of nitrogens with one attached hydrogen (secondary N) is 1. The highest BCUT2D eigenvalue weighted by molar-refractivity contribution is 7.71. The Morgan fingerprint density at radius 3 is 2.36 bits per heavy atom. The van der Waals surface area contributed by atoms with Crippen LogP contribution in [0.2, 0.25) is 0 Å². The molecule has 2 heterocycles. The summed E-state index contributed by atoms with van der Waals surface area (Å²) >= 11 is 5.78. The van der Waals surface area contributed by atoms with E-state index >= 15 is 0 Å². The Morgan fingerprint density at radius 1 is 1.07 bits per heavy atom. The van der Waals surface area contributed by atoms with E-state index in [9.17, 15) is 4.39 Å². The minimum atomic E-state index is -0.273. The number of ether oxygens (including phenoxy) is 1. The predicted octanol–water partition coefficient (Wildman–Crippen LogP) is 2.86. The first-order valence-electron chi connectivity index (χ1n) is 9.51. The number of aromatic nitrogens is 3. The van der Waals surface area contributed by atoms with Gasteiger partial charge in [0.15, 0.2) is 12.5 Å². The molecule has 0 radical (unpaired) electrons. The van der Waals surface area contributed by atoms with Crippen LogP contribution in [0.25, 0.3) is 17.1 Å². The van der Waals surface area contributed by atoms with Crippen LogP contribution < -0.4 is 4.90 Å². The second kappa shape index (κ2) is 7.95. The maximum Gasteiger partial charge on any atom is 0.207 e. The highest BCUT2D eigenvalue weighted by Crippen LogP contribution is 2.22. The van der Waals surface area contributed by atoms with Crippen LogP contribution in [0.5, 0.6) is 0 Å². The van der Waals surface area contributed by atoms with E-state index in [0.29, 0.717) is 11.4 Å². The van der Waals surface area contributed by atoms with E-state index in [-0.39, 0.29) is 18.0 Å². The average Bonchev–Trinajstić information content (AvgIpc) is 2.99. The van der Waals surface area contributed by atoms with Crippen molar-refractivity contribution >= 4 is 12.2 Å². The summed E-state index contributed by atoms with van der Waals surface area (Å²) in [5.41, 5.74) is 1.77. The third-order valence-electron chi connectivity index (χ3n) is 4.95. The molecule has 0 bridgehead atoms. The predicted molar refractivity (Wildman–Crippen MR) is 108 cm³/mol. The van der Waals surface area contributed by atoms with Gasteiger partial charge in [0.05, 0.1) is 5.69 Å². The smallest absolute Gasteiger partial charge is 0.207 e. The number of hydrogen-bond acceptors (Lipinski definition) is 3. The molecule has 7 heteroatoms. The largest absolute Gasteiger partial charge is 0.364 e. The first-order chi connectivity index (χ1) is 13.5. The number of quaternary nitrogens is 1. The molecule has 1 N–H and O–H groups in total. The fourth-order valence-electron chi connectivity index (χ4n) is 3.84. The monoisotopic (exact) mass is 399 g/mol. The third-order valence-corrected chi connectivity index (χ3v) is 5.34. The molecule has 0 spiro atoms. The van der Waals surface area contributed by atoms with Gasteiger partial charge in [0, 0.05) is 5.56 Å². The second-order valence-electron chi connectivity index (χ2n) is 7.36. The maximum atomic E-state index is 13.4. The molecule has 146 valence electrons. The van der Waals surface area contributed by atoms with E-state index in [4.69, 9.17) is 22.1 Å². The number of hydrogen-bond donors (Lipinski definition) is 1. The standard InChI is InChI=1S/C21H23FN4OS/c1-15-12-24(13-16(2)27-15)14-25-21(28)26(19-10-8-18(22)9-11-19)20(23-25)17-6-4-3-5-7-17/h3-11,15-16H,12-14H2,1-2H3/p+1/t15-,16-/m0/s1. The number of benzene rings is 2. The van der Waals surface area contributed by atoms with E-state index in [1.165, 1.54) is 17.0 Å². The van der Waals surface area contributed by atoms with E-state index in [1.54, 1.807) is 12.1 Å². The van der Waals surface area contributed by atoms with Gasteiger partial charge in [-0.25, -0.2) is 4.39 Å². The zero-order valence-corrected chi connectivity index (χ0v) is 16.8. The van der Waals surface area contributed by atoms with Crippen LogP contribution in [0.4, 0.5) is 4.39 Å². The van der Waals surface area contributed by atoms with Gasteiger partial charge in [-0.1, -0.05) is 30.3 Å². The fourth-order valence-corrected chi connectivity index (χ4v) is 4.14. The lowest BCUT2D eigenvalue weighted by Gasteiger charge is -2.32. The topological polar surface area (TPSA) is 36.4 Å². The molecule has 0 aliphatic carbocycles. The quantitative estimate of drug-likeness (QED) is 0.686. The highest BCUT2D eigenvalue weighted by Gasteiger charge is 2.27. The number of halogens is 1. The molecule has 1 aromatic heterocycles. The van der Waals surface area contributed by atoms with Crippen LogP contribution in [-0.2, 0) is 11.4 Å². The summed E-state index contributed by atoms with van der Waals surface area (Å²) in [6.45, 7) is 6.69. The Balaban J connectivity index is 1.76. The highest BCUT2D eigenvalue weighted by atomic mass is 32.1. The van der Waals surface area contributed by atoms with Crippen molar-refractivity contribution in [1.82, 2.24) is 14.3 Å². The van der Waals surface area contributed by atoms with Crippen LogP contribution >= 0.6 is 12.2 Å². The SMILES string of the molecule is C[C@H]1C[NH+](Cn2nc(-c3ccccc3)n(-c3ccc(F)cc3)c2=S)C[C@H](C)O1. The molecule has 1 aliphatic heterocycles. The minimum absolute atomic E-state index is 0.209. The average molecular weight is 400 g/mol. The summed E-state index contributed by atoms with van der Waals surface area (Å²) in [5, 5.41) is 4.84. The maximum absolute atomic E-state index is 13.4. The van der Waals surface area contributed by atoms with Crippen molar-refractivity contribution in [3.8, 4) is 17.1 Å². The number of nitrogens with zero attached hydrogens (tertiary/aromatic N) is 3. The van der Waals surface area contributed by atoms with Crippen LogP contribution in [-0.4, -0.2) is 39.6 Å². The van der Waals surface area contributed by atoms with Crippen LogP contribution in [0.1, 0.15) is 13.8 Å². The van der Waals surface area contributed by atoms with Crippen molar-refractivity contribution in [2.24, 2.45) is 0 Å². The molecule has 1 saturated heterocycles. The Bertz CT molecular complexity index is 989. The van der Waals surface area contributed by atoms with Crippen molar-refractivity contribution in [1.29, 1.82) is 0 Å². The number of rotatable bonds is 4. The molecule has 2 aromatic carbocycles. The van der Waals surface area contributed by atoms with Gasteiger partial charge in [-0.2, -0.15) is 4.68 Å². The molecule has 0 amide bonds. The molecule has 0 unspecified atom stereocenters. The van der Waals surface area contributed by atoms with E-state index < -0.39 is 0 Å². The number of morpholine rings is 1. The van der Waals surface area contributed by atoms with Crippen LogP contribution in [0, 0.1) is 10.6 Å². The zero-order valence-electron chi connectivity index (χ0n) is 16.0. The Labute approximate surface area is 169 Å². The molecular formula is C21H24FN4OS+. The molecule has 0 saturated carbocycles.